The van der Waals surface area contributed by atoms with Crippen LogP contribution in [0, 0.1) is 5.41 Å². The highest BCUT2D eigenvalue weighted by molar-refractivity contribution is 5.75. The van der Waals surface area contributed by atoms with Crippen LogP contribution in [-0.2, 0) is 4.79 Å². The Bertz CT molecular complexity index is 188. The van der Waals surface area contributed by atoms with Gasteiger partial charge in [-0.1, -0.05) is 19.9 Å². The molecule has 1 amide bonds. The average molecular weight is 199 g/mol. The summed E-state index contributed by atoms with van der Waals surface area (Å²) in [4.78, 5) is 11.2. The van der Waals surface area contributed by atoms with Gasteiger partial charge in [-0.3, -0.25) is 4.79 Å². The Morgan fingerprint density at radius 3 is 2.71 bits per heavy atom. The lowest BCUT2D eigenvalue weighted by Gasteiger charge is -2.23. The van der Waals surface area contributed by atoms with Crippen LogP contribution in [0.1, 0.15) is 33.1 Å². The maximum Gasteiger partial charge on any atom is 0.220 e. The molecule has 14 heavy (non-hydrogen) atoms. The van der Waals surface area contributed by atoms with Gasteiger partial charge in [0.25, 0.3) is 0 Å². The second kappa shape index (κ2) is 6.60. The first-order valence-electron chi connectivity index (χ1n) is 5.00. The van der Waals surface area contributed by atoms with Gasteiger partial charge in [-0.05, 0) is 18.3 Å². The van der Waals surface area contributed by atoms with Crippen molar-refractivity contribution in [1.82, 2.24) is 5.32 Å². The van der Waals surface area contributed by atoms with Gasteiger partial charge in [0.15, 0.2) is 0 Å². The minimum atomic E-state index is -0.0292. The molecule has 0 heterocycles. The van der Waals surface area contributed by atoms with Crippen LogP contribution >= 0.6 is 0 Å². The number of allylic oxidation sites excluding steroid dienone is 1. The zero-order chi connectivity index (χ0) is 11.0. The predicted molar refractivity (Wildman–Crippen MR) is 57.9 cm³/mol. The van der Waals surface area contributed by atoms with E-state index in [0.717, 1.165) is 0 Å². The first-order valence-corrected chi connectivity index (χ1v) is 5.00. The minimum absolute atomic E-state index is 0.0292. The van der Waals surface area contributed by atoms with E-state index in [9.17, 15) is 4.79 Å². The number of carbonyl (C=O) groups is 1. The zero-order valence-corrected chi connectivity index (χ0v) is 9.18. The van der Waals surface area contributed by atoms with E-state index in [0.29, 0.717) is 25.8 Å². The van der Waals surface area contributed by atoms with Crippen molar-refractivity contribution in [3.8, 4) is 0 Å². The molecule has 0 aromatic rings. The number of amides is 1. The van der Waals surface area contributed by atoms with Gasteiger partial charge >= 0.3 is 0 Å². The third-order valence-electron chi connectivity index (χ3n) is 2.13. The van der Waals surface area contributed by atoms with Crippen molar-refractivity contribution in [1.29, 1.82) is 0 Å². The Labute approximate surface area is 86.2 Å². The molecule has 0 aliphatic rings. The fraction of sp³-hybridized carbons (Fsp3) is 0.727. The summed E-state index contributed by atoms with van der Waals surface area (Å²) in [6, 6.07) is 0. The Morgan fingerprint density at radius 2 is 2.21 bits per heavy atom. The van der Waals surface area contributed by atoms with E-state index < -0.39 is 0 Å². The molecule has 0 spiro atoms. The van der Waals surface area contributed by atoms with Crippen LogP contribution < -0.4 is 5.32 Å². The zero-order valence-electron chi connectivity index (χ0n) is 9.18. The highest BCUT2D eigenvalue weighted by Gasteiger charge is 2.17. The summed E-state index contributed by atoms with van der Waals surface area (Å²) >= 11 is 0. The maximum atomic E-state index is 11.2. The lowest BCUT2D eigenvalue weighted by Crippen LogP contribution is -2.34. The van der Waals surface area contributed by atoms with E-state index in [1.54, 1.807) is 6.08 Å². The lowest BCUT2D eigenvalue weighted by atomic mass is 9.90. The maximum absolute atomic E-state index is 11.2. The van der Waals surface area contributed by atoms with E-state index in [4.69, 9.17) is 5.11 Å². The van der Waals surface area contributed by atoms with Crippen LogP contribution in [-0.4, -0.2) is 24.2 Å². The van der Waals surface area contributed by atoms with E-state index in [2.05, 4.69) is 11.9 Å². The molecule has 3 heteroatoms. The molecule has 0 atom stereocenters. The van der Waals surface area contributed by atoms with Crippen molar-refractivity contribution in [2.75, 3.05) is 13.2 Å². The number of hydrogen-bond donors (Lipinski definition) is 2. The molecule has 0 saturated heterocycles. The van der Waals surface area contributed by atoms with Gasteiger partial charge < -0.3 is 10.4 Å². The summed E-state index contributed by atoms with van der Waals surface area (Å²) < 4.78 is 0. The van der Waals surface area contributed by atoms with Crippen molar-refractivity contribution in [2.45, 2.75) is 33.1 Å². The number of nitrogens with one attached hydrogen (secondary N) is 1. The normalized spacial score (nSPS) is 11.1. The van der Waals surface area contributed by atoms with Crippen molar-refractivity contribution < 1.29 is 9.90 Å². The van der Waals surface area contributed by atoms with Crippen LogP contribution in [0.15, 0.2) is 12.7 Å². The molecule has 3 nitrogen and oxygen atoms in total. The standard InChI is InChI=1S/C11H21NO2/c1-4-5-6-10(14)12-9-11(2,3)7-8-13/h4,13H,1,5-9H2,2-3H3,(H,12,14). The number of aliphatic hydroxyl groups is 1. The van der Waals surface area contributed by atoms with Gasteiger partial charge in [0.1, 0.15) is 0 Å². The minimum Gasteiger partial charge on any atom is -0.396 e. The Hall–Kier alpha value is -0.830. The molecule has 0 aromatic heterocycles. The summed E-state index contributed by atoms with van der Waals surface area (Å²) in [5.74, 6) is 0.0518. The van der Waals surface area contributed by atoms with Crippen LogP contribution in [0.4, 0.5) is 0 Å². The summed E-state index contributed by atoms with van der Waals surface area (Å²) in [6.45, 7) is 8.38. The number of rotatable bonds is 7. The number of hydrogen-bond acceptors (Lipinski definition) is 2. The Morgan fingerprint density at radius 1 is 1.57 bits per heavy atom. The van der Waals surface area contributed by atoms with Crippen molar-refractivity contribution in [3.63, 3.8) is 0 Å². The molecule has 2 N–H and O–H groups in total. The Balaban J connectivity index is 3.69. The molecule has 0 unspecified atom stereocenters. The van der Waals surface area contributed by atoms with E-state index >= 15 is 0 Å². The molecular weight excluding hydrogens is 178 g/mol. The Kier molecular flexibility index (Phi) is 6.21. The number of aliphatic hydroxyl groups excluding tert-OH is 1. The predicted octanol–water partition coefficient (Wildman–Crippen LogP) is 1.48. The fourth-order valence-electron chi connectivity index (χ4n) is 1.05. The van der Waals surface area contributed by atoms with Gasteiger partial charge in [-0.25, -0.2) is 0 Å². The SMILES string of the molecule is C=CCCC(=O)NCC(C)(C)CCO. The summed E-state index contributed by atoms with van der Waals surface area (Å²) in [5, 5.41) is 11.6. The molecule has 0 aliphatic heterocycles. The van der Waals surface area contributed by atoms with Crippen LogP contribution in [0.2, 0.25) is 0 Å². The molecule has 0 bridgehead atoms. The molecule has 0 rings (SSSR count). The highest BCUT2D eigenvalue weighted by Crippen LogP contribution is 2.17. The van der Waals surface area contributed by atoms with Gasteiger partial charge in [0, 0.05) is 19.6 Å². The first kappa shape index (κ1) is 13.2. The monoisotopic (exact) mass is 199 g/mol. The van der Waals surface area contributed by atoms with Crippen molar-refractivity contribution in [2.24, 2.45) is 5.41 Å². The van der Waals surface area contributed by atoms with E-state index in [1.807, 2.05) is 13.8 Å². The van der Waals surface area contributed by atoms with Gasteiger partial charge in [0.2, 0.25) is 5.91 Å². The van der Waals surface area contributed by atoms with Crippen molar-refractivity contribution in [3.05, 3.63) is 12.7 Å². The summed E-state index contributed by atoms with van der Waals surface area (Å²) in [5.41, 5.74) is -0.0292. The highest BCUT2D eigenvalue weighted by atomic mass is 16.3. The molecule has 0 saturated carbocycles. The largest absolute Gasteiger partial charge is 0.396 e. The van der Waals surface area contributed by atoms with Gasteiger partial charge in [0.05, 0.1) is 0 Å². The summed E-state index contributed by atoms with van der Waals surface area (Å²) in [6.07, 6.45) is 3.65. The second-order valence-corrected chi connectivity index (χ2v) is 4.24. The average Bonchev–Trinajstić information content (AvgIpc) is 2.11. The second-order valence-electron chi connectivity index (χ2n) is 4.24. The van der Waals surface area contributed by atoms with Crippen LogP contribution in [0.5, 0.6) is 0 Å². The molecule has 82 valence electrons. The molecule has 0 aromatic carbocycles. The third-order valence-corrected chi connectivity index (χ3v) is 2.13. The fourth-order valence-corrected chi connectivity index (χ4v) is 1.05. The van der Waals surface area contributed by atoms with E-state index in [1.165, 1.54) is 0 Å². The molecule has 0 fully saturated rings. The topological polar surface area (TPSA) is 49.3 Å². The molecule has 0 aliphatic carbocycles. The van der Waals surface area contributed by atoms with Crippen LogP contribution in [0.25, 0.3) is 0 Å². The van der Waals surface area contributed by atoms with Crippen molar-refractivity contribution >= 4 is 5.91 Å². The molecular formula is C11H21NO2. The first-order chi connectivity index (χ1) is 6.52. The molecule has 0 radical (unpaired) electrons. The number of carbonyl (C=O) groups excluding carboxylic acids is 1. The smallest absolute Gasteiger partial charge is 0.220 e. The lowest BCUT2D eigenvalue weighted by molar-refractivity contribution is -0.121. The van der Waals surface area contributed by atoms with E-state index in [-0.39, 0.29) is 17.9 Å². The van der Waals surface area contributed by atoms with Crippen LogP contribution in [0.3, 0.4) is 0 Å². The third kappa shape index (κ3) is 6.66. The van der Waals surface area contributed by atoms with Gasteiger partial charge in [-0.15, -0.1) is 6.58 Å². The van der Waals surface area contributed by atoms with Gasteiger partial charge in [-0.2, -0.15) is 0 Å². The summed E-state index contributed by atoms with van der Waals surface area (Å²) in [7, 11) is 0. The quantitative estimate of drug-likeness (QED) is 0.610.